The summed E-state index contributed by atoms with van der Waals surface area (Å²) in [5.74, 6) is 0.117. The maximum Gasteiger partial charge on any atom is 0.184 e. The number of likely N-dealkylation sites (N-methyl/N-ethyl adjacent to an activating group) is 1. The van der Waals surface area contributed by atoms with E-state index in [1.165, 1.54) is 5.56 Å². The molecule has 0 aliphatic carbocycles. The van der Waals surface area contributed by atoms with Crippen LogP contribution in [0.25, 0.3) is 11.1 Å². The molecule has 0 bridgehead atoms. The first kappa shape index (κ1) is 28.2. The lowest BCUT2D eigenvalue weighted by molar-refractivity contribution is -0.276. The van der Waals surface area contributed by atoms with Gasteiger partial charge in [0.2, 0.25) is 0 Å². The molecule has 5 atom stereocenters. The Bertz CT molecular complexity index is 1380. The Morgan fingerprint density at radius 2 is 1.50 bits per heavy atom. The Hall–Kier alpha value is -3.32. The number of aliphatic hydroxyl groups excluding tert-OH is 1. The highest BCUT2D eigenvalue weighted by Gasteiger charge is 2.39. The molecule has 0 radical (unpaired) electrons. The summed E-state index contributed by atoms with van der Waals surface area (Å²) in [5.41, 5.74) is 13.5. The molecule has 0 spiro atoms. The van der Waals surface area contributed by atoms with E-state index in [-0.39, 0.29) is 30.8 Å². The molecule has 0 aromatic heterocycles. The quantitative estimate of drug-likeness (QED) is 0.247. The van der Waals surface area contributed by atoms with E-state index in [0.29, 0.717) is 6.54 Å². The lowest BCUT2D eigenvalue weighted by Crippen LogP contribution is -2.44. The van der Waals surface area contributed by atoms with E-state index in [9.17, 15) is 5.11 Å². The summed E-state index contributed by atoms with van der Waals surface area (Å²) >= 11 is 0. The molecular formula is C35H40N2O3. The zero-order valence-electron chi connectivity index (χ0n) is 23.6. The molecule has 0 saturated carbocycles. The minimum Gasteiger partial charge on any atom is -0.392 e. The van der Waals surface area contributed by atoms with E-state index < -0.39 is 6.29 Å². The number of nitrogens with two attached hydrogens (primary N) is 1. The minimum absolute atomic E-state index is 0.0238. The monoisotopic (exact) mass is 536 g/mol. The second-order valence-electron chi connectivity index (χ2n) is 10.9. The molecule has 1 saturated heterocycles. The normalized spacial score (nSPS) is 21.9. The Morgan fingerprint density at radius 3 is 2.20 bits per heavy atom. The summed E-state index contributed by atoms with van der Waals surface area (Å²) < 4.78 is 13.5. The van der Waals surface area contributed by atoms with Gasteiger partial charge in [-0.05, 0) is 59.5 Å². The summed E-state index contributed by atoms with van der Waals surface area (Å²) in [6, 6.07) is 35.7. The number of rotatable bonds is 9. The van der Waals surface area contributed by atoms with Crippen molar-refractivity contribution in [2.75, 3.05) is 13.6 Å². The number of aliphatic hydroxyl groups is 1. The second kappa shape index (κ2) is 12.9. The Labute approximate surface area is 238 Å². The first-order valence-electron chi connectivity index (χ1n) is 14.1. The molecule has 5 rings (SSSR count). The zero-order valence-corrected chi connectivity index (χ0v) is 23.6. The van der Waals surface area contributed by atoms with Crippen molar-refractivity contribution in [3.05, 3.63) is 131 Å². The highest BCUT2D eigenvalue weighted by molar-refractivity contribution is 5.65. The molecule has 5 heteroatoms. The summed E-state index contributed by atoms with van der Waals surface area (Å²) in [4.78, 5) is 2.36. The van der Waals surface area contributed by atoms with Crippen LogP contribution >= 0.6 is 0 Å². The predicted octanol–water partition coefficient (Wildman–Crippen LogP) is 6.79. The van der Waals surface area contributed by atoms with E-state index in [2.05, 4.69) is 105 Å². The fourth-order valence-corrected chi connectivity index (χ4v) is 5.50. The van der Waals surface area contributed by atoms with Crippen molar-refractivity contribution < 1.29 is 14.6 Å². The van der Waals surface area contributed by atoms with Gasteiger partial charge in [-0.25, -0.2) is 0 Å². The van der Waals surface area contributed by atoms with Crippen LogP contribution in [0.5, 0.6) is 0 Å². The summed E-state index contributed by atoms with van der Waals surface area (Å²) in [6.45, 7) is 5.74. The molecule has 1 fully saturated rings. The summed E-state index contributed by atoms with van der Waals surface area (Å²) in [5, 5.41) is 9.56. The molecule has 5 nitrogen and oxygen atoms in total. The average Bonchev–Trinajstić information content (AvgIpc) is 3.02. The van der Waals surface area contributed by atoms with Crippen molar-refractivity contribution in [3.63, 3.8) is 0 Å². The topological polar surface area (TPSA) is 68.0 Å². The van der Waals surface area contributed by atoms with Crippen molar-refractivity contribution in [1.82, 2.24) is 4.90 Å². The van der Waals surface area contributed by atoms with Gasteiger partial charge in [-0.3, -0.25) is 4.90 Å². The summed E-state index contributed by atoms with van der Waals surface area (Å²) in [7, 11) is 2.16. The predicted molar refractivity (Wildman–Crippen MR) is 160 cm³/mol. The van der Waals surface area contributed by atoms with Crippen molar-refractivity contribution in [3.8, 4) is 11.1 Å². The third-order valence-corrected chi connectivity index (χ3v) is 8.19. The van der Waals surface area contributed by atoms with Crippen LogP contribution in [0.2, 0.25) is 0 Å². The van der Waals surface area contributed by atoms with Gasteiger partial charge in [0.05, 0.1) is 18.8 Å². The molecule has 4 aromatic rings. The number of hydrogen-bond acceptors (Lipinski definition) is 5. The Balaban J connectivity index is 1.44. The average molecular weight is 537 g/mol. The molecule has 208 valence electrons. The van der Waals surface area contributed by atoms with Gasteiger partial charge in [-0.1, -0.05) is 97.9 Å². The Morgan fingerprint density at radius 1 is 0.800 bits per heavy atom. The molecule has 4 aromatic carbocycles. The van der Waals surface area contributed by atoms with Crippen LogP contribution in [0.15, 0.2) is 103 Å². The first-order chi connectivity index (χ1) is 19.5. The third kappa shape index (κ3) is 6.35. The van der Waals surface area contributed by atoms with E-state index in [1.54, 1.807) is 0 Å². The van der Waals surface area contributed by atoms with Gasteiger partial charge >= 0.3 is 0 Å². The van der Waals surface area contributed by atoms with Gasteiger partial charge in [0.1, 0.15) is 0 Å². The molecule has 0 unspecified atom stereocenters. The van der Waals surface area contributed by atoms with Gasteiger partial charge in [0, 0.05) is 30.6 Å². The van der Waals surface area contributed by atoms with Crippen molar-refractivity contribution in [1.29, 1.82) is 0 Å². The van der Waals surface area contributed by atoms with Crippen LogP contribution in [-0.4, -0.2) is 29.7 Å². The van der Waals surface area contributed by atoms with Crippen molar-refractivity contribution in [2.45, 2.75) is 51.5 Å². The molecular weight excluding hydrogens is 496 g/mol. The van der Waals surface area contributed by atoms with Gasteiger partial charge in [0.15, 0.2) is 6.29 Å². The van der Waals surface area contributed by atoms with E-state index >= 15 is 0 Å². The summed E-state index contributed by atoms with van der Waals surface area (Å²) in [6.07, 6.45) is -0.718. The lowest BCUT2D eigenvalue weighted by Gasteiger charge is -2.43. The maximum atomic E-state index is 9.56. The number of benzene rings is 4. The second-order valence-corrected chi connectivity index (χ2v) is 10.9. The van der Waals surface area contributed by atoms with Crippen LogP contribution in [0.1, 0.15) is 60.1 Å². The van der Waals surface area contributed by atoms with Crippen LogP contribution < -0.4 is 5.73 Å². The largest absolute Gasteiger partial charge is 0.392 e. The fraction of sp³-hybridized carbons (Fsp3) is 0.314. The smallest absolute Gasteiger partial charge is 0.184 e. The van der Waals surface area contributed by atoms with Gasteiger partial charge in [-0.2, -0.15) is 0 Å². The fourth-order valence-electron chi connectivity index (χ4n) is 5.50. The van der Waals surface area contributed by atoms with Crippen molar-refractivity contribution >= 4 is 0 Å². The maximum absolute atomic E-state index is 9.56. The highest BCUT2D eigenvalue weighted by atomic mass is 16.7. The van der Waals surface area contributed by atoms with Crippen LogP contribution in [-0.2, 0) is 22.6 Å². The van der Waals surface area contributed by atoms with E-state index in [0.717, 1.165) is 39.9 Å². The Kier molecular flexibility index (Phi) is 9.10. The van der Waals surface area contributed by atoms with Crippen molar-refractivity contribution in [2.24, 2.45) is 11.7 Å². The standard InChI is InChI=1S/C35H40N2O3/c1-24-33(22-37(3)25(2)28-10-5-4-6-11-28)39-35(40-34(24)29-17-15-26(23-38)16-18-29)32-14-8-13-31(20-32)30-12-7-9-27(19-30)21-36/h4-20,24-25,33-35,38H,21-23,36H2,1-3H3/t24-,25-,33+,34+,35+/m0/s1. The van der Waals surface area contributed by atoms with Gasteiger partial charge < -0.3 is 20.3 Å². The number of nitrogens with zero attached hydrogens (tertiary/aromatic N) is 1. The first-order valence-corrected chi connectivity index (χ1v) is 14.1. The third-order valence-electron chi connectivity index (χ3n) is 8.19. The molecule has 1 aliphatic heterocycles. The molecule has 1 heterocycles. The number of ether oxygens (including phenoxy) is 2. The van der Waals surface area contributed by atoms with Crippen LogP contribution in [0, 0.1) is 5.92 Å². The van der Waals surface area contributed by atoms with Gasteiger partial charge in [0.25, 0.3) is 0 Å². The van der Waals surface area contributed by atoms with Crippen LogP contribution in [0.3, 0.4) is 0 Å². The lowest BCUT2D eigenvalue weighted by atomic mass is 9.89. The molecule has 1 aliphatic rings. The highest BCUT2D eigenvalue weighted by Crippen LogP contribution is 2.42. The van der Waals surface area contributed by atoms with Crippen LogP contribution in [0.4, 0.5) is 0 Å². The van der Waals surface area contributed by atoms with Gasteiger partial charge in [-0.15, -0.1) is 0 Å². The minimum atomic E-state index is -0.512. The van der Waals surface area contributed by atoms with E-state index in [4.69, 9.17) is 15.2 Å². The molecule has 3 N–H and O–H groups in total. The molecule has 0 amide bonds. The molecule has 40 heavy (non-hydrogen) atoms. The SMILES string of the molecule is C[C@H]1[C@@H](CN(C)[C@@H](C)c2ccccc2)O[C@@H](c2cccc(-c3cccc(CN)c3)c2)O[C@H]1c1ccc(CO)cc1. The number of hydrogen-bond donors (Lipinski definition) is 2. The zero-order chi connectivity index (χ0) is 28.1. The van der Waals surface area contributed by atoms with E-state index in [1.807, 2.05) is 24.3 Å².